The van der Waals surface area contributed by atoms with Crippen LogP contribution in [0.2, 0.25) is 0 Å². The molecule has 2 nitrogen and oxygen atoms in total. The summed E-state index contributed by atoms with van der Waals surface area (Å²) in [7, 11) is 0. The van der Waals surface area contributed by atoms with Crippen LogP contribution in [-0.4, -0.2) is 4.98 Å². The molecule has 0 saturated carbocycles. The predicted molar refractivity (Wildman–Crippen MR) is 62.4 cm³/mol. The highest BCUT2D eigenvalue weighted by atomic mass is 32.1. The molecule has 0 aliphatic carbocycles. The van der Waals surface area contributed by atoms with Crippen LogP contribution < -0.4 is 4.74 Å². The van der Waals surface area contributed by atoms with Crippen LogP contribution in [-0.2, 0) is 6.61 Å². The van der Waals surface area contributed by atoms with Gasteiger partial charge in [0.1, 0.15) is 12.4 Å². The molecule has 2 aromatic rings. The first kappa shape index (κ1) is 10.2. The van der Waals surface area contributed by atoms with E-state index in [1.54, 1.807) is 11.3 Å². The standard InChI is InChI=1S/C12H13NOS/c1-9-4-3-5-12(6-9)14-7-11-8-15-10(2)13-11/h3-6,8H,7H2,1-2H3. The third-order valence-corrected chi connectivity index (χ3v) is 2.87. The van der Waals surface area contributed by atoms with Crippen LogP contribution in [0.3, 0.4) is 0 Å². The van der Waals surface area contributed by atoms with Crippen molar-refractivity contribution in [2.24, 2.45) is 0 Å². The van der Waals surface area contributed by atoms with Crippen molar-refractivity contribution in [2.45, 2.75) is 20.5 Å². The van der Waals surface area contributed by atoms with Gasteiger partial charge in [-0.15, -0.1) is 11.3 Å². The molecule has 3 heteroatoms. The van der Waals surface area contributed by atoms with E-state index in [0.717, 1.165) is 16.5 Å². The Labute approximate surface area is 93.6 Å². The second kappa shape index (κ2) is 4.45. The molecule has 1 aromatic heterocycles. The second-order valence-corrected chi connectivity index (χ2v) is 4.53. The number of rotatable bonds is 3. The number of benzene rings is 1. The van der Waals surface area contributed by atoms with Crippen molar-refractivity contribution in [3.8, 4) is 5.75 Å². The van der Waals surface area contributed by atoms with E-state index in [9.17, 15) is 0 Å². The molecule has 0 radical (unpaired) electrons. The highest BCUT2D eigenvalue weighted by molar-refractivity contribution is 7.09. The highest BCUT2D eigenvalue weighted by Gasteiger charge is 1.99. The van der Waals surface area contributed by atoms with E-state index >= 15 is 0 Å². The molecule has 78 valence electrons. The normalized spacial score (nSPS) is 10.3. The van der Waals surface area contributed by atoms with Crippen molar-refractivity contribution in [1.82, 2.24) is 4.98 Å². The van der Waals surface area contributed by atoms with Gasteiger partial charge in [0.05, 0.1) is 10.7 Å². The Morgan fingerprint density at radius 2 is 2.20 bits per heavy atom. The zero-order valence-corrected chi connectivity index (χ0v) is 9.67. The second-order valence-electron chi connectivity index (χ2n) is 3.46. The fourth-order valence-electron chi connectivity index (χ4n) is 1.34. The molecule has 0 fully saturated rings. The van der Waals surface area contributed by atoms with Crippen molar-refractivity contribution in [3.63, 3.8) is 0 Å². The third-order valence-electron chi connectivity index (χ3n) is 2.04. The molecule has 0 saturated heterocycles. The van der Waals surface area contributed by atoms with Gasteiger partial charge >= 0.3 is 0 Å². The van der Waals surface area contributed by atoms with Crippen LogP contribution in [0.5, 0.6) is 5.75 Å². The quantitative estimate of drug-likeness (QED) is 0.790. The third kappa shape index (κ3) is 2.80. The van der Waals surface area contributed by atoms with Crippen LogP contribution in [0.1, 0.15) is 16.3 Å². The topological polar surface area (TPSA) is 22.1 Å². The van der Waals surface area contributed by atoms with E-state index in [-0.39, 0.29) is 0 Å². The Morgan fingerprint density at radius 1 is 1.33 bits per heavy atom. The van der Waals surface area contributed by atoms with Crippen LogP contribution in [0.4, 0.5) is 0 Å². The Hall–Kier alpha value is -1.35. The largest absolute Gasteiger partial charge is 0.487 e. The van der Waals surface area contributed by atoms with Gasteiger partial charge in [-0.3, -0.25) is 0 Å². The lowest BCUT2D eigenvalue weighted by Gasteiger charge is -2.04. The Balaban J connectivity index is 1.99. The number of hydrogen-bond acceptors (Lipinski definition) is 3. The average molecular weight is 219 g/mol. The smallest absolute Gasteiger partial charge is 0.131 e. The minimum absolute atomic E-state index is 0.549. The molecule has 1 aromatic carbocycles. The highest BCUT2D eigenvalue weighted by Crippen LogP contribution is 2.15. The number of thiazole rings is 1. The Morgan fingerprint density at radius 3 is 2.87 bits per heavy atom. The summed E-state index contributed by atoms with van der Waals surface area (Å²) in [6.45, 7) is 4.61. The Bertz CT molecular complexity index is 450. The summed E-state index contributed by atoms with van der Waals surface area (Å²) >= 11 is 1.65. The van der Waals surface area contributed by atoms with Crippen molar-refractivity contribution in [1.29, 1.82) is 0 Å². The fourth-order valence-corrected chi connectivity index (χ4v) is 1.93. The van der Waals surface area contributed by atoms with Gasteiger partial charge in [-0.1, -0.05) is 12.1 Å². The number of aryl methyl sites for hydroxylation is 2. The summed E-state index contributed by atoms with van der Waals surface area (Å²) in [6, 6.07) is 8.04. The molecule has 0 atom stereocenters. The fraction of sp³-hybridized carbons (Fsp3) is 0.250. The molecule has 0 spiro atoms. The maximum atomic E-state index is 5.63. The van der Waals surface area contributed by atoms with Gasteiger partial charge in [0, 0.05) is 5.38 Å². The molecule has 0 bridgehead atoms. The van der Waals surface area contributed by atoms with Gasteiger partial charge in [0.15, 0.2) is 0 Å². The lowest BCUT2D eigenvalue weighted by Crippen LogP contribution is -1.95. The van der Waals surface area contributed by atoms with E-state index in [1.165, 1.54) is 5.56 Å². The molecule has 2 rings (SSSR count). The maximum Gasteiger partial charge on any atom is 0.131 e. The lowest BCUT2D eigenvalue weighted by atomic mass is 10.2. The zero-order chi connectivity index (χ0) is 10.7. The lowest BCUT2D eigenvalue weighted by molar-refractivity contribution is 0.302. The minimum atomic E-state index is 0.549. The maximum absolute atomic E-state index is 5.63. The first-order valence-corrected chi connectivity index (χ1v) is 5.72. The molecular weight excluding hydrogens is 206 g/mol. The molecule has 0 amide bonds. The van der Waals surface area contributed by atoms with Crippen molar-refractivity contribution < 1.29 is 4.74 Å². The first-order valence-electron chi connectivity index (χ1n) is 4.84. The molecular formula is C12H13NOS. The van der Waals surface area contributed by atoms with Crippen LogP contribution in [0, 0.1) is 13.8 Å². The zero-order valence-electron chi connectivity index (χ0n) is 8.86. The molecule has 0 aliphatic heterocycles. The van der Waals surface area contributed by atoms with Gasteiger partial charge < -0.3 is 4.74 Å². The van der Waals surface area contributed by atoms with Gasteiger partial charge in [-0.05, 0) is 31.5 Å². The van der Waals surface area contributed by atoms with Gasteiger partial charge in [-0.2, -0.15) is 0 Å². The van der Waals surface area contributed by atoms with Crippen molar-refractivity contribution in [2.75, 3.05) is 0 Å². The van der Waals surface area contributed by atoms with E-state index in [0.29, 0.717) is 6.61 Å². The monoisotopic (exact) mass is 219 g/mol. The van der Waals surface area contributed by atoms with Crippen LogP contribution in [0.25, 0.3) is 0 Å². The number of ether oxygens (including phenoxy) is 1. The van der Waals surface area contributed by atoms with E-state index in [4.69, 9.17) is 4.74 Å². The SMILES string of the molecule is Cc1cccc(OCc2csc(C)n2)c1. The van der Waals surface area contributed by atoms with E-state index in [1.807, 2.05) is 30.5 Å². The average Bonchev–Trinajstić information content (AvgIpc) is 2.62. The molecule has 0 aliphatic rings. The summed E-state index contributed by atoms with van der Waals surface area (Å²) < 4.78 is 5.63. The summed E-state index contributed by atoms with van der Waals surface area (Å²) in [5.74, 6) is 0.903. The van der Waals surface area contributed by atoms with Gasteiger partial charge in [0.2, 0.25) is 0 Å². The van der Waals surface area contributed by atoms with Gasteiger partial charge in [0.25, 0.3) is 0 Å². The summed E-state index contributed by atoms with van der Waals surface area (Å²) in [5.41, 5.74) is 2.21. The summed E-state index contributed by atoms with van der Waals surface area (Å²) in [5, 5.41) is 3.11. The molecule has 0 N–H and O–H groups in total. The van der Waals surface area contributed by atoms with Crippen LogP contribution >= 0.6 is 11.3 Å². The molecule has 1 heterocycles. The number of hydrogen-bond donors (Lipinski definition) is 0. The van der Waals surface area contributed by atoms with E-state index in [2.05, 4.69) is 18.0 Å². The summed E-state index contributed by atoms with van der Waals surface area (Å²) in [4.78, 5) is 4.34. The Kier molecular flexibility index (Phi) is 3.02. The van der Waals surface area contributed by atoms with Gasteiger partial charge in [-0.25, -0.2) is 4.98 Å². The first-order chi connectivity index (χ1) is 7.24. The molecule has 0 unspecified atom stereocenters. The molecule has 15 heavy (non-hydrogen) atoms. The van der Waals surface area contributed by atoms with Crippen molar-refractivity contribution >= 4 is 11.3 Å². The van der Waals surface area contributed by atoms with Crippen molar-refractivity contribution in [3.05, 3.63) is 45.9 Å². The number of nitrogens with zero attached hydrogens (tertiary/aromatic N) is 1. The number of aromatic nitrogens is 1. The minimum Gasteiger partial charge on any atom is -0.487 e. The predicted octanol–water partition coefficient (Wildman–Crippen LogP) is 3.34. The van der Waals surface area contributed by atoms with E-state index < -0.39 is 0 Å². The van der Waals surface area contributed by atoms with Crippen LogP contribution in [0.15, 0.2) is 29.6 Å². The summed E-state index contributed by atoms with van der Waals surface area (Å²) in [6.07, 6.45) is 0.